The summed E-state index contributed by atoms with van der Waals surface area (Å²) in [6.45, 7) is 4.47. The Kier molecular flexibility index (Phi) is 14.7. The maximum absolute atomic E-state index is 11.0. The fourth-order valence-corrected chi connectivity index (χ4v) is 1.97. The van der Waals surface area contributed by atoms with Crippen LogP contribution in [0.4, 0.5) is 0 Å². The van der Waals surface area contributed by atoms with Crippen molar-refractivity contribution in [1.82, 2.24) is 0 Å². The molecule has 0 unspecified atom stereocenters. The summed E-state index contributed by atoms with van der Waals surface area (Å²) in [6, 6.07) is 0. The summed E-state index contributed by atoms with van der Waals surface area (Å²) in [5.41, 5.74) is 0. The molecule has 0 aliphatic heterocycles. The number of allylic oxidation sites excluding steroid dienone is 2. The van der Waals surface area contributed by atoms with Crippen LogP contribution in [0.3, 0.4) is 0 Å². The van der Waals surface area contributed by atoms with Crippen LogP contribution in [0.15, 0.2) is 24.3 Å². The quantitative estimate of drug-likeness (QED) is 0.288. The minimum atomic E-state index is -0.252. The van der Waals surface area contributed by atoms with Gasteiger partial charge in [0.05, 0.1) is 13.2 Å². The van der Waals surface area contributed by atoms with Crippen molar-refractivity contribution in [1.29, 1.82) is 0 Å². The Labute approximate surface area is 134 Å². The molecule has 0 aromatic heterocycles. The highest BCUT2D eigenvalue weighted by molar-refractivity contribution is 5.82. The molecule has 0 atom stereocenters. The number of hydrogen-bond donors (Lipinski definition) is 0. The summed E-state index contributed by atoms with van der Waals surface area (Å²) in [5, 5.41) is 0. The number of rotatable bonds is 13. The molecule has 0 aliphatic rings. The van der Waals surface area contributed by atoms with Crippen molar-refractivity contribution in [2.24, 2.45) is 0 Å². The van der Waals surface area contributed by atoms with Gasteiger partial charge in [-0.2, -0.15) is 0 Å². The molecule has 0 heterocycles. The summed E-state index contributed by atoms with van der Waals surface area (Å²) in [5.74, 6) is -0.503. The second-order valence-corrected chi connectivity index (χ2v) is 5.01. The van der Waals surface area contributed by atoms with E-state index in [4.69, 9.17) is 9.47 Å². The van der Waals surface area contributed by atoms with Crippen LogP contribution in [0, 0.1) is 0 Å². The van der Waals surface area contributed by atoms with Gasteiger partial charge in [0.1, 0.15) is 0 Å². The summed E-state index contributed by atoms with van der Waals surface area (Å²) >= 11 is 0. The molecule has 0 aromatic carbocycles. The lowest BCUT2D eigenvalue weighted by Crippen LogP contribution is -1.98. The summed E-state index contributed by atoms with van der Waals surface area (Å²) in [6.07, 6.45) is 15.7. The number of esters is 2. The highest BCUT2D eigenvalue weighted by Crippen LogP contribution is 2.09. The number of ether oxygens (including phenoxy) is 2. The molecule has 0 rings (SSSR count). The first-order chi connectivity index (χ1) is 10.7. The molecule has 0 aromatic rings. The van der Waals surface area contributed by atoms with Crippen LogP contribution in [0.25, 0.3) is 0 Å². The van der Waals surface area contributed by atoms with Gasteiger partial charge in [-0.1, -0.05) is 37.8 Å². The minimum absolute atomic E-state index is 0.252. The topological polar surface area (TPSA) is 52.6 Å². The smallest absolute Gasteiger partial charge is 0.330 e. The zero-order chi connectivity index (χ0) is 16.5. The van der Waals surface area contributed by atoms with Crippen molar-refractivity contribution in [2.75, 3.05) is 13.2 Å². The lowest BCUT2D eigenvalue weighted by atomic mass is 10.1. The third kappa shape index (κ3) is 14.8. The molecule has 4 nitrogen and oxygen atoms in total. The van der Waals surface area contributed by atoms with Gasteiger partial charge in [0.2, 0.25) is 0 Å². The Bertz CT molecular complexity index is 311. The summed E-state index contributed by atoms with van der Waals surface area (Å²) in [7, 11) is 0. The number of carbonyl (C=O) groups excluding carboxylic acids is 2. The average Bonchev–Trinajstić information content (AvgIpc) is 2.49. The predicted octanol–water partition coefficient (Wildman–Crippen LogP) is 4.35. The molecule has 0 radical (unpaired) electrons. The average molecular weight is 310 g/mol. The van der Waals surface area contributed by atoms with E-state index in [-0.39, 0.29) is 11.9 Å². The Balaban J connectivity index is 3.30. The zero-order valence-electron chi connectivity index (χ0n) is 14.0. The second kappa shape index (κ2) is 15.8. The van der Waals surface area contributed by atoms with E-state index in [0.29, 0.717) is 13.2 Å². The van der Waals surface area contributed by atoms with Gasteiger partial charge < -0.3 is 9.47 Å². The van der Waals surface area contributed by atoms with E-state index in [1.807, 2.05) is 12.2 Å². The van der Waals surface area contributed by atoms with Gasteiger partial charge in [0, 0.05) is 12.2 Å². The van der Waals surface area contributed by atoms with E-state index in [2.05, 4.69) is 0 Å². The molecule has 0 aliphatic carbocycles. The molecular weight excluding hydrogens is 280 g/mol. The van der Waals surface area contributed by atoms with Crippen molar-refractivity contribution in [3.63, 3.8) is 0 Å². The Morgan fingerprint density at radius 1 is 0.682 bits per heavy atom. The Morgan fingerprint density at radius 3 is 1.41 bits per heavy atom. The Morgan fingerprint density at radius 2 is 1.05 bits per heavy atom. The van der Waals surface area contributed by atoms with Crippen LogP contribution in [0.1, 0.15) is 65.2 Å². The molecule has 126 valence electrons. The number of unbranched alkanes of at least 4 members (excludes halogenated alkanes) is 7. The highest BCUT2D eigenvalue weighted by atomic mass is 16.5. The molecule has 0 spiro atoms. The SMILES string of the molecule is CCOC(=O)/C=C/CCCCCCCC/C=C/C(=O)OCC. The van der Waals surface area contributed by atoms with Gasteiger partial charge in [-0.25, -0.2) is 9.59 Å². The van der Waals surface area contributed by atoms with E-state index < -0.39 is 0 Å². The van der Waals surface area contributed by atoms with E-state index in [1.54, 1.807) is 13.8 Å². The molecular formula is C18H30O4. The summed E-state index contributed by atoms with van der Waals surface area (Å²) in [4.78, 5) is 22.1. The van der Waals surface area contributed by atoms with Gasteiger partial charge >= 0.3 is 11.9 Å². The van der Waals surface area contributed by atoms with Gasteiger partial charge in [-0.15, -0.1) is 0 Å². The number of hydrogen-bond acceptors (Lipinski definition) is 4. The molecule has 0 fully saturated rings. The molecule has 0 saturated carbocycles. The second-order valence-electron chi connectivity index (χ2n) is 5.01. The van der Waals surface area contributed by atoms with Crippen molar-refractivity contribution in [3.05, 3.63) is 24.3 Å². The molecule has 0 saturated heterocycles. The first-order valence-corrected chi connectivity index (χ1v) is 8.37. The van der Waals surface area contributed by atoms with Gasteiger partial charge in [-0.05, 0) is 39.5 Å². The molecule has 0 bridgehead atoms. The lowest BCUT2D eigenvalue weighted by Gasteiger charge is -1.99. The van der Waals surface area contributed by atoms with Gasteiger partial charge in [0.25, 0.3) is 0 Å². The molecule has 0 amide bonds. The van der Waals surface area contributed by atoms with E-state index in [9.17, 15) is 9.59 Å². The van der Waals surface area contributed by atoms with Crippen LogP contribution >= 0.6 is 0 Å². The van der Waals surface area contributed by atoms with Crippen LogP contribution < -0.4 is 0 Å². The maximum Gasteiger partial charge on any atom is 0.330 e. The fourth-order valence-electron chi connectivity index (χ4n) is 1.97. The monoisotopic (exact) mass is 310 g/mol. The van der Waals surface area contributed by atoms with E-state index in [1.165, 1.54) is 37.8 Å². The van der Waals surface area contributed by atoms with Crippen molar-refractivity contribution in [2.45, 2.75) is 65.2 Å². The normalized spacial score (nSPS) is 11.2. The first kappa shape index (κ1) is 20.4. The third-order valence-electron chi connectivity index (χ3n) is 3.07. The number of carbonyl (C=O) groups is 2. The standard InChI is InChI=1S/C18H30O4/c1-3-21-17(19)15-13-11-9-7-5-6-8-10-12-14-16-18(20)22-4-2/h13-16H,3-12H2,1-2H3/b15-13+,16-14+. The van der Waals surface area contributed by atoms with Crippen LogP contribution in [0.5, 0.6) is 0 Å². The highest BCUT2D eigenvalue weighted by Gasteiger charge is 1.94. The predicted molar refractivity (Wildman–Crippen MR) is 88.5 cm³/mol. The van der Waals surface area contributed by atoms with Gasteiger partial charge in [-0.3, -0.25) is 0 Å². The third-order valence-corrected chi connectivity index (χ3v) is 3.07. The van der Waals surface area contributed by atoms with Crippen molar-refractivity contribution < 1.29 is 19.1 Å². The molecule has 4 heteroatoms. The van der Waals surface area contributed by atoms with Crippen molar-refractivity contribution in [3.8, 4) is 0 Å². The molecule has 22 heavy (non-hydrogen) atoms. The van der Waals surface area contributed by atoms with Crippen molar-refractivity contribution >= 4 is 11.9 Å². The Hall–Kier alpha value is -1.58. The van der Waals surface area contributed by atoms with Crippen LogP contribution in [-0.2, 0) is 19.1 Å². The van der Waals surface area contributed by atoms with Crippen LogP contribution in [-0.4, -0.2) is 25.2 Å². The summed E-state index contributed by atoms with van der Waals surface area (Å²) < 4.78 is 9.60. The van der Waals surface area contributed by atoms with E-state index in [0.717, 1.165) is 25.7 Å². The molecule has 0 N–H and O–H groups in total. The lowest BCUT2D eigenvalue weighted by molar-refractivity contribution is -0.138. The maximum atomic E-state index is 11.0. The fraction of sp³-hybridized carbons (Fsp3) is 0.667. The minimum Gasteiger partial charge on any atom is -0.463 e. The first-order valence-electron chi connectivity index (χ1n) is 8.37. The zero-order valence-corrected chi connectivity index (χ0v) is 14.0. The van der Waals surface area contributed by atoms with E-state index >= 15 is 0 Å². The largest absolute Gasteiger partial charge is 0.463 e. The van der Waals surface area contributed by atoms with Gasteiger partial charge in [0.15, 0.2) is 0 Å². The van der Waals surface area contributed by atoms with Crippen LogP contribution in [0.2, 0.25) is 0 Å².